The molecule has 0 aromatic rings. The lowest BCUT2D eigenvalue weighted by molar-refractivity contribution is -0.799. The van der Waals surface area contributed by atoms with Crippen molar-refractivity contribution in [3.63, 3.8) is 0 Å². The Bertz CT molecular complexity index is 217. The van der Waals surface area contributed by atoms with E-state index in [-0.39, 0.29) is 12.8 Å². The molecule has 0 bridgehead atoms. The summed E-state index contributed by atoms with van der Waals surface area (Å²) in [4.78, 5) is 20.1. The Morgan fingerprint density at radius 1 is 0.786 bits per heavy atom. The zero-order valence-electron chi connectivity index (χ0n) is 7.98. The number of nitro groups is 2. The van der Waals surface area contributed by atoms with Crippen LogP contribution in [0.25, 0.3) is 0 Å². The summed E-state index contributed by atoms with van der Waals surface area (Å²) in [5.74, 6) is 0. The van der Waals surface area contributed by atoms with Gasteiger partial charge in [0.2, 0.25) is 0 Å². The maximum atomic E-state index is 10.7. The third kappa shape index (κ3) is 2.00. The maximum Gasteiger partial charge on any atom is 0.458 e. The van der Waals surface area contributed by atoms with E-state index in [4.69, 9.17) is 0 Å². The molecule has 14 heavy (non-hydrogen) atoms. The van der Waals surface area contributed by atoms with Crippen molar-refractivity contribution < 1.29 is 9.85 Å². The molecule has 0 radical (unpaired) electrons. The average Bonchev–Trinajstić information content (AvgIpc) is 2.02. The molecule has 6 nitrogen and oxygen atoms in total. The van der Waals surface area contributed by atoms with Crippen LogP contribution in [0.3, 0.4) is 0 Å². The molecule has 0 N–H and O–H groups in total. The number of rotatable bonds is 2. The molecule has 1 saturated carbocycles. The largest absolute Gasteiger partial charge is 0.458 e. The summed E-state index contributed by atoms with van der Waals surface area (Å²) in [7, 11) is 0. The topological polar surface area (TPSA) is 86.3 Å². The molecule has 0 saturated heterocycles. The second-order valence-corrected chi connectivity index (χ2v) is 3.76. The van der Waals surface area contributed by atoms with E-state index in [1.807, 2.05) is 0 Å². The first kappa shape index (κ1) is 10.9. The van der Waals surface area contributed by atoms with Crippen molar-refractivity contribution >= 4 is 0 Å². The third-order valence-electron chi connectivity index (χ3n) is 2.83. The van der Waals surface area contributed by atoms with E-state index >= 15 is 0 Å². The average molecular weight is 202 g/mol. The molecular formula is C8H14N2O4. The van der Waals surface area contributed by atoms with E-state index in [9.17, 15) is 20.2 Å². The van der Waals surface area contributed by atoms with Crippen molar-refractivity contribution in [2.24, 2.45) is 0 Å². The van der Waals surface area contributed by atoms with Gasteiger partial charge >= 0.3 is 5.66 Å². The fourth-order valence-electron chi connectivity index (χ4n) is 1.90. The lowest BCUT2D eigenvalue weighted by atomic mass is 9.92. The zero-order chi connectivity index (χ0) is 10.6. The molecule has 80 valence electrons. The van der Waals surface area contributed by atoms with E-state index in [1.165, 1.54) is 0 Å². The second-order valence-electron chi connectivity index (χ2n) is 3.76. The molecule has 0 aliphatic heterocycles. The standard InChI is InChI=1S/C8H14N2O4/c11-9(12)8(10(13)14)6-4-2-1-3-5-7-8/h1-7H2. The van der Waals surface area contributed by atoms with Crippen molar-refractivity contribution in [1.29, 1.82) is 0 Å². The van der Waals surface area contributed by atoms with Crippen LogP contribution in [0, 0.1) is 20.2 Å². The minimum atomic E-state index is -1.90. The SMILES string of the molecule is O=[N+]([O-])C1([N+](=O)[O-])CCCCCCC1. The Morgan fingerprint density at radius 2 is 1.14 bits per heavy atom. The van der Waals surface area contributed by atoms with E-state index < -0.39 is 15.5 Å². The molecule has 1 rings (SSSR count). The fourth-order valence-corrected chi connectivity index (χ4v) is 1.90. The van der Waals surface area contributed by atoms with E-state index in [0.717, 1.165) is 19.3 Å². The minimum Gasteiger partial charge on any atom is -0.258 e. The second kappa shape index (κ2) is 4.34. The molecule has 1 aliphatic rings. The van der Waals surface area contributed by atoms with Crippen LogP contribution in [-0.2, 0) is 0 Å². The molecule has 0 unspecified atom stereocenters. The van der Waals surface area contributed by atoms with Gasteiger partial charge in [-0.2, -0.15) is 0 Å². The highest BCUT2D eigenvalue weighted by atomic mass is 16.7. The summed E-state index contributed by atoms with van der Waals surface area (Å²) in [5.41, 5.74) is -1.90. The summed E-state index contributed by atoms with van der Waals surface area (Å²) in [6, 6.07) is 0. The van der Waals surface area contributed by atoms with Gasteiger partial charge in [0, 0.05) is 0 Å². The fraction of sp³-hybridized carbons (Fsp3) is 1.00. The summed E-state index contributed by atoms with van der Waals surface area (Å²) >= 11 is 0. The molecule has 0 heterocycles. The highest BCUT2D eigenvalue weighted by Crippen LogP contribution is 2.29. The minimum absolute atomic E-state index is 0.0764. The van der Waals surface area contributed by atoms with Crippen LogP contribution in [0.5, 0.6) is 0 Å². The van der Waals surface area contributed by atoms with Crippen molar-refractivity contribution in [2.45, 2.75) is 50.6 Å². The molecule has 0 spiro atoms. The zero-order valence-corrected chi connectivity index (χ0v) is 7.98. The van der Waals surface area contributed by atoms with Crippen molar-refractivity contribution in [3.05, 3.63) is 20.2 Å². The first-order valence-electron chi connectivity index (χ1n) is 4.88. The van der Waals surface area contributed by atoms with Crippen LogP contribution in [0.15, 0.2) is 0 Å². The van der Waals surface area contributed by atoms with Gasteiger partial charge in [0.25, 0.3) is 0 Å². The van der Waals surface area contributed by atoms with Crippen LogP contribution < -0.4 is 0 Å². The number of hydrogen-bond donors (Lipinski definition) is 0. The van der Waals surface area contributed by atoms with Gasteiger partial charge in [0.1, 0.15) is 0 Å². The van der Waals surface area contributed by atoms with Gasteiger partial charge in [0.05, 0.1) is 22.7 Å². The Balaban J connectivity index is 2.81. The van der Waals surface area contributed by atoms with Crippen LogP contribution in [-0.4, -0.2) is 15.5 Å². The Hall–Kier alpha value is -1.20. The van der Waals surface area contributed by atoms with E-state index in [0.29, 0.717) is 12.8 Å². The molecule has 1 aliphatic carbocycles. The van der Waals surface area contributed by atoms with Crippen LogP contribution >= 0.6 is 0 Å². The summed E-state index contributed by atoms with van der Waals surface area (Å²) in [5, 5.41) is 21.5. The lowest BCUT2D eigenvalue weighted by Crippen LogP contribution is -2.46. The maximum absolute atomic E-state index is 10.7. The summed E-state index contributed by atoms with van der Waals surface area (Å²) in [6.07, 6.45) is 4.09. The quantitative estimate of drug-likeness (QED) is 0.389. The molecular weight excluding hydrogens is 188 g/mol. The van der Waals surface area contributed by atoms with E-state index in [2.05, 4.69) is 0 Å². The van der Waals surface area contributed by atoms with Crippen LogP contribution in [0.2, 0.25) is 0 Å². The molecule has 1 fully saturated rings. The summed E-state index contributed by atoms with van der Waals surface area (Å²) < 4.78 is 0. The van der Waals surface area contributed by atoms with Crippen LogP contribution in [0.4, 0.5) is 0 Å². The molecule has 0 aromatic carbocycles. The van der Waals surface area contributed by atoms with Crippen molar-refractivity contribution in [1.82, 2.24) is 0 Å². The van der Waals surface area contributed by atoms with Gasteiger partial charge in [-0.05, 0) is 12.8 Å². The van der Waals surface area contributed by atoms with Gasteiger partial charge in [-0.15, -0.1) is 0 Å². The van der Waals surface area contributed by atoms with Crippen LogP contribution in [0.1, 0.15) is 44.9 Å². The summed E-state index contributed by atoms with van der Waals surface area (Å²) in [6.45, 7) is 0. The first-order chi connectivity index (χ1) is 6.59. The smallest absolute Gasteiger partial charge is 0.258 e. The molecule has 0 aromatic heterocycles. The van der Waals surface area contributed by atoms with Gasteiger partial charge in [-0.3, -0.25) is 20.2 Å². The van der Waals surface area contributed by atoms with Gasteiger partial charge in [0.15, 0.2) is 0 Å². The number of hydrogen-bond acceptors (Lipinski definition) is 4. The third-order valence-corrected chi connectivity index (χ3v) is 2.83. The highest BCUT2D eigenvalue weighted by molar-refractivity contribution is 4.70. The Morgan fingerprint density at radius 3 is 1.50 bits per heavy atom. The van der Waals surface area contributed by atoms with E-state index in [1.54, 1.807) is 0 Å². The Labute approximate surface area is 81.6 Å². The van der Waals surface area contributed by atoms with Gasteiger partial charge in [-0.25, -0.2) is 0 Å². The first-order valence-corrected chi connectivity index (χ1v) is 4.88. The normalized spacial score (nSPS) is 22.0. The lowest BCUT2D eigenvalue weighted by Gasteiger charge is -2.19. The van der Waals surface area contributed by atoms with Crippen molar-refractivity contribution in [3.8, 4) is 0 Å². The molecule has 6 heteroatoms. The molecule has 0 amide bonds. The number of nitrogens with zero attached hydrogens (tertiary/aromatic N) is 2. The molecule has 0 atom stereocenters. The predicted molar refractivity (Wildman–Crippen MR) is 49.0 cm³/mol. The van der Waals surface area contributed by atoms with Gasteiger partial charge in [-0.1, -0.05) is 19.3 Å². The highest BCUT2D eigenvalue weighted by Gasteiger charge is 2.54. The predicted octanol–water partition coefficient (Wildman–Crippen LogP) is 1.98. The van der Waals surface area contributed by atoms with Crippen molar-refractivity contribution in [2.75, 3.05) is 0 Å². The Kier molecular flexibility index (Phi) is 3.38. The monoisotopic (exact) mass is 202 g/mol. The van der Waals surface area contributed by atoms with Gasteiger partial charge < -0.3 is 0 Å².